The molecule has 0 atom stereocenters. The fraction of sp³-hybridized carbons (Fsp3) is 0.125. The Labute approximate surface area is 201 Å². The number of benzene rings is 3. The number of amides is 2. The third kappa shape index (κ3) is 6.97. The normalized spacial score (nSPS) is 10.7. The number of halogens is 2. The molecule has 0 aliphatic rings. The van der Waals surface area contributed by atoms with Crippen molar-refractivity contribution in [3.8, 4) is 11.5 Å². The number of methoxy groups -OCH3 is 1. The van der Waals surface area contributed by atoms with E-state index in [-0.39, 0.29) is 6.61 Å². The summed E-state index contributed by atoms with van der Waals surface area (Å²) in [5.41, 5.74) is 5.16. The minimum atomic E-state index is -0.890. The van der Waals surface area contributed by atoms with Gasteiger partial charge in [-0.05, 0) is 55.0 Å². The quantitative estimate of drug-likeness (QED) is 0.280. The number of hydrogen-bond acceptors (Lipinski definition) is 5. The molecular formula is C24H21Cl2N3O4. The first-order chi connectivity index (χ1) is 15.9. The number of carbonyl (C=O) groups is 2. The Hall–Kier alpha value is -3.55. The largest absolute Gasteiger partial charge is 0.493 e. The van der Waals surface area contributed by atoms with Gasteiger partial charge in [0.15, 0.2) is 11.5 Å². The van der Waals surface area contributed by atoms with Gasteiger partial charge in [-0.3, -0.25) is 9.59 Å². The molecule has 7 nitrogen and oxygen atoms in total. The maximum absolute atomic E-state index is 12.0. The molecule has 0 aliphatic carbocycles. The van der Waals surface area contributed by atoms with Crippen LogP contribution in [0, 0.1) is 6.92 Å². The summed E-state index contributed by atoms with van der Waals surface area (Å²) in [5, 5.41) is 7.38. The molecule has 170 valence electrons. The molecule has 0 bridgehead atoms. The van der Waals surface area contributed by atoms with E-state index >= 15 is 0 Å². The first-order valence-corrected chi connectivity index (χ1v) is 10.6. The Bertz CT molecular complexity index is 1180. The molecule has 9 heteroatoms. The molecule has 0 fully saturated rings. The maximum atomic E-state index is 12.0. The van der Waals surface area contributed by atoms with E-state index in [0.717, 1.165) is 11.1 Å². The van der Waals surface area contributed by atoms with Gasteiger partial charge in [0.1, 0.15) is 6.61 Å². The summed E-state index contributed by atoms with van der Waals surface area (Å²) in [6.45, 7) is 2.15. The van der Waals surface area contributed by atoms with Crippen LogP contribution in [-0.4, -0.2) is 25.1 Å². The summed E-state index contributed by atoms with van der Waals surface area (Å²) in [5.74, 6) is -0.744. The van der Waals surface area contributed by atoms with Gasteiger partial charge < -0.3 is 14.8 Å². The molecule has 0 heterocycles. The molecule has 0 aliphatic heterocycles. The number of rotatable bonds is 7. The Kier molecular flexibility index (Phi) is 8.29. The summed E-state index contributed by atoms with van der Waals surface area (Å²) in [6.07, 6.45) is 1.39. The van der Waals surface area contributed by atoms with E-state index in [4.69, 9.17) is 32.7 Å². The smallest absolute Gasteiger partial charge is 0.329 e. The first-order valence-electron chi connectivity index (χ1n) is 9.81. The van der Waals surface area contributed by atoms with Crippen molar-refractivity contribution in [3.63, 3.8) is 0 Å². The molecule has 0 unspecified atom stereocenters. The van der Waals surface area contributed by atoms with Crippen molar-refractivity contribution >= 4 is 46.9 Å². The highest BCUT2D eigenvalue weighted by atomic mass is 35.5. The average Bonchev–Trinajstić information content (AvgIpc) is 2.80. The second kappa shape index (κ2) is 11.4. The number of anilines is 1. The zero-order chi connectivity index (χ0) is 23.8. The number of hydrazone groups is 1. The molecule has 0 aromatic heterocycles. The summed E-state index contributed by atoms with van der Waals surface area (Å²) >= 11 is 12.1. The van der Waals surface area contributed by atoms with E-state index in [2.05, 4.69) is 15.8 Å². The van der Waals surface area contributed by atoms with Gasteiger partial charge in [-0.25, -0.2) is 5.43 Å². The number of ether oxygens (including phenoxy) is 2. The molecule has 3 aromatic carbocycles. The number of aryl methyl sites for hydroxylation is 1. The molecule has 33 heavy (non-hydrogen) atoms. The minimum absolute atomic E-state index is 0.228. The van der Waals surface area contributed by atoms with E-state index in [1.807, 2.05) is 19.1 Å². The second-order valence-corrected chi connectivity index (χ2v) is 7.80. The predicted octanol–water partition coefficient (Wildman–Crippen LogP) is 4.98. The van der Waals surface area contributed by atoms with Gasteiger partial charge >= 0.3 is 11.8 Å². The number of nitrogens with zero attached hydrogens (tertiary/aromatic N) is 1. The Morgan fingerprint density at radius 2 is 1.73 bits per heavy atom. The fourth-order valence-corrected chi connectivity index (χ4v) is 3.18. The van der Waals surface area contributed by atoms with Crippen LogP contribution in [0.3, 0.4) is 0 Å². The van der Waals surface area contributed by atoms with Crippen molar-refractivity contribution in [2.24, 2.45) is 5.10 Å². The molecule has 0 spiro atoms. The Morgan fingerprint density at radius 1 is 0.970 bits per heavy atom. The van der Waals surface area contributed by atoms with Gasteiger partial charge in [0, 0.05) is 21.3 Å². The van der Waals surface area contributed by atoms with E-state index in [0.29, 0.717) is 32.8 Å². The Morgan fingerprint density at radius 3 is 2.42 bits per heavy atom. The molecule has 3 rings (SSSR count). The van der Waals surface area contributed by atoms with Gasteiger partial charge in [0.05, 0.1) is 13.3 Å². The number of hydrogen-bond donors (Lipinski definition) is 2. The van der Waals surface area contributed by atoms with Crippen molar-refractivity contribution < 1.29 is 19.1 Å². The van der Waals surface area contributed by atoms with Crippen LogP contribution in [0.4, 0.5) is 5.69 Å². The van der Waals surface area contributed by atoms with Gasteiger partial charge in [0.25, 0.3) is 0 Å². The van der Waals surface area contributed by atoms with E-state index in [9.17, 15) is 9.59 Å². The van der Waals surface area contributed by atoms with Crippen LogP contribution in [-0.2, 0) is 16.2 Å². The minimum Gasteiger partial charge on any atom is -0.493 e. The highest BCUT2D eigenvalue weighted by Crippen LogP contribution is 2.29. The van der Waals surface area contributed by atoms with Crippen LogP contribution in [0.5, 0.6) is 11.5 Å². The average molecular weight is 486 g/mol. The lowest BCUT2D eigenvalue weighted by Crippen LogP contribution is -2.32. The molecule has 3 aromatic rings. The van der Waals surface area contributed by atoms with Gasteiger partial charge in [-0.2, -0.15) is 5.10 Å². The summed E-state index contributed by atoms with van der Waals surface area (Å²) in [4.78, 5) is 23.9. The van der Waals surface area contributed by atoms with E-state index in [1.165, 1.54) is 13.3 Å². The molecular weight excluding hydrogens is 465 g/mol. The zero-order valence-electron chi connectivity index (χ0n) is 17.9. The highest BCUT2D eigenvalue weighted by molar-refractivity contribution is 6.39. The summed E-state index contributed by atoms with van der Waals surface area (Å²) < 4.78 is 11.2. The van der Waals surface area contributed by atoms with Gasteiger partial charge in [-0.1, -0.05) is 47.0 Å². The molecule has 0 saturated heterocycles. The van der Waals surface area contributed by atoms with E-state index < -0.39 is 11.8 Å². The summed E-state index contributed by atoms with van der Waals surface area (Å²) in [6, 6.07) is 17.4. The van der Waals surface area contributed by atoms with Crippen LogP contribution in [0.15, 0.2) is 65.8 Å². The third-order valence-corrected chi connectivity index (χ3v) is 5.07. The standard InChI is InChI=1S/C24H21Cl2N3O4/c1-15-3-8-19(9-4-15)28-23(30)24(31)29-27-13-16-5-10-21(22(11-16)32-2)33-14-17-6-7-18(25)12-20(17)26/h3-13H,14H2,1-2H3,(H,28,30)(H,29,31)/b27-13+. The topological polar surface area (TPSA) is 89.0 Å². The van der Waals surface area contributed by atoms with Crippen LogP contribution >= 0.6 is 23.2 Å². The highest BCUT2D eigenvalue weighted by Gasteiger charge is 2.13. The predicted molar refractivity (Wildman–Crippen MR) is 129 cm³/mol. The van der Waals surface area contributed by atoms with Crippen molar-refractivity contribution in [2.45, 2.75) is 13.5 Å². The SMILES string of the molecule is COc1cc(/C=N/NC(=O)C(=O)Nc2ccc(C)cc2)ccc1OCc1ccc(Cl)cc1Cl. The van der Waals surface area contributed by atoms with Crippen LogP contribution in [0.1, 0.15) is 16.7 Å². The lowest BCUT2D eigenvalue weighted by Gasteiger charge is -2.12. The van der Waals surface area contributed by atoms with E-state index in [1.54, 1.807) is 48.5 Å². The second-order valence-electron chi connectivity index (χ2n) is 6.95. The third-order valence-electron chi connectivity index (χ3n) is 4.48. The lowest BCUT2D eigenvalue weighted by atomic mass is 10.2. The Balaban J connectivity index is 1.57. The number of carbonyl (C=O) groups excluding carboxylic acids is 2. The van der Waals surface area contributed by atoms with Crippen molar-refractivity contribution in [3.05, 3.63) is 87.4 Å². The van der Waals surface area contributed by atoms with Crippen molar-refractivity contribution in [2.75, 3.05) is 12.4 Å². The van der Waals surface area contributed by atoms with Crippen LogP contribution in [0.25, 0.3) is 0 Å². The maximum Gasteiger partial charge on any atom is 0.329 e. The monoisotopic (exact) mass is 485 g/mol. The molecule has 0 radical (unpaired) electrons. The van der Waals surface area contributed by atoms with Gasteiger partial charge in [0.2, 0.25) is 0 Å². The van der Waals surface area contributed by atoms with Crippen LogP contribution in [0.2, 0.25) is 10.0 Å². The summed E-state index contributed by atoms with van der Waals surface area (Å²) in [7, 11) is 1.51. The van der Waals surface area contributed by atoms with Crippen LogP contribution < -0.4 is 20.2 Å². The first kappa shape index (κ1) is 24.1. The molecule has 0 saturated carbocycles. The fourth-order valence-electron chi connectivity index (χ4n) is 2.72. The molecule has 2 N–H and O–H groups in total. The van der Waals surface area contributed by atoms with Gasteiger partial charge in [-0.15, -0.1) is 0 Å². The number of nitrogens with one attached hydrogen (secondary N) is 2. The van der Waals surface area contributed by atoms with Crippen molar-refractivity contribution in [1.29, 1.82) is 0 Å². The zero-order valence-corrected chi connectivity index (χ0v) is 19.4. The molecule has 2 amide bonds. The lowest BCUT2D eigenvalue weighted by molar-refractivity contribution is -0.136. The van der Waals surface area contributed by atoms with Crippen molar-refractivity contribution in [1.82, 2.24) is 5.43 Å².